The molecule has 6 aromatic carbocycles. The minimum Gasteiger partial charge on any atom is -0.463 e. The zero-order valence-corrected chi connectivity index (χ0v) is 43.6. The van der Waals surface area contributed by atoms with E-state index in [1.54, 1.807) is 0 Å². The number of carbonyl (C=O) groups is 2. The predicted octanol–water partition coefficient (Wildman–Crippen LogP) is 9.97. The molecule has 2 unspecified atom stereocenters. The van der Waals surface area contributed by atoms with Gasteiger partial charge in [0.25, 0.3) is 0 Å². The molecule has 3 saturated heterocycles. The lowest BCUT2D eigenvalue weighted by Gasteiger charge is -2.46. The maximum atomic E-state index is 14.3. The number of fused-ring (bicyclic) bond motifs is 4. The van der Waals surface area contributed by atoms with Gasteiger partial charge >= 0.3 is 11.9 Å². The van der Waals surface area contributed by atoms with E-state index >= 15 is 0 Å². The second-order valence-corrected chi connectivity index (χ2v) is 19.2. The fourth-order valence-electron chi connectivity index (χ4n) is 9.49. The summed E-state index contributed by atoms with van der Waals surface area (Å²) >= 11 is 0. The summed E-state index contributed by atoms with van der Waals surface area (Å²) in [5, 5.41) is 0. The second-order valence-electron chi connectivity index (χ2n) is 19.2. The van der Waals surface area contributed by atoms with Crippen LogP contribution in [0.3, 0.4) is 0 Å². The summed E-state index contributed by atoms with van der Waals surface area (Å²) in [6, 6.07) is 58.2. The van der Waals surface area contributed by atoms with Gasteiger partial charge in [0.2, 0.25) is 0 Å². The third-order valence-electron chi connectivity index (χ3n) is 13.6. The molecule has 3 fully saturated rings. The molecule has 0 saturated carbocycles. The summed E-state index contributed by atoms with van der Waals surface area (Å²) in [6.45, 7) is 8.51. The van der Waals surface area contributed by atoms with Crippen LogP contribution in [-0.2, 0) is 106 Å². The Labute approximate surface area is 456 Å². The molecule has 3 heterocycles. The van der Waals surface area contributed by atoms with Crippen LogP contribution in [0.1, 0.15) is 46.2 Å². The lowest BCUT2D eigenvalue weighted by atomic mass is 9.97. The first kappa shape index (κ1) is 56.1. The molecule has 3 aliphatic heterocycles. The number of ether oxygens (including phenoxy) is 12. The average molecular weight is 1060 g/mol. The summed E-state index contributed by atoms with van der Waals surface area (Å²) in [5.41, 5.74) is 5.38. The topological polar surface area (TPSA) is 145 Å². The molecule has 14 nitrogen and oxygen atoms in total. The number of benzene rings is 6. The molecular formula is C64H68O14. The molecule has 78 heavy (non-hydrogen) atoms. The maximum Gasteiger partial charge on any atom is 0.308 e. The molecular weight excluding hydrogens is 993 g/mol. The highest BCUT2D eigenvalue weighted by atomic mass is 16.7. The maximum absolute atomic E-state index is 14.3. The third-order valence-corrected chi connectivity index (χ3v) is 13.6. The van der Waals surface area contributed by atoms with E-state index < -0.39 is 85.6 Å². The third kappa shape index (κ3) is 16.2. The number of carbonyl (C=O) groups excluding carboxylic acids is 2. The van der Waals surface area contributed by atoms with Crippen LogP contribution in [-0.4, -0.2) is 98.8 Å². The molecule has 0 radical (unpaired) electrons. The van der Waals surface area contributed by atoms with Crippen molar-refractivity contribution in [3.05, 3.63) is 241 Å². The first-order chi connectivity index (χ1) is 38.4. The molecule has 4 bridgehead atoms. The van der Waals surface area contributed by atoms with Gasteiger partial charge in [-0.2, -0.15) is 0 Å². The Kier molecular flexibility index (Phi) is 21.1. The fourth-order valence-corrected chi connectivity index (χ4v) is 9.49. The van der Waals surface area contributed by atoms with Crippen molar-refractivity contribution in [1.29, 1.82) is 0 Å². The van der Waals surface area contributed by atoms with Gasteiger partial charge in [-0.25, -0.2) is 0 Å². The number of rotatable bonds is 20. The van der Waals surface area contributed by atoms with Crippen LogP contribution in [0.5, 0.6) is 0 Å². The molecule has 3 aliphatic rings. The fraction of sp³-hybridized carbons (Fsp3) is 0.344. The summed E-state index contributed by atoms with van der Waals surface area (Å²) in [4.78, 5) is 28.6. The summed E-state index contributed by atoms with van der Waals surface area (Å²) < 4.78 is 80.2. The lowest BCUT2D eigenvalue weighted by Crippen LogP contribution is -2.62. The van der Waals surface area contributed by atoms with Crippen LogP contribution in [0.25, 0.3) is 0 Å². The Morgan fingerprint density at radius 1 is 0.346 bits per heavy atom. The van der Waals surface area contributed by atoms with E-state index in [1.165, 1.54) is 12.2 Å². The van der Waals surface area contributed by atoms with E-state index in [9.17, 15) is 9.59 Å². The SMILES string of the molecule is C=CC1CC(=O)OC[C@H]2O[C@@H](OC(C=C)CC(=O)OC[C@H]3O[C@@H](O1)[C@H](OCc1ccccc1)[C@@H](OCc1ccccc1)[C@@H]3OCc1ccccc1)[C@H](OCc1ccccc1)[C@@H](OCc1ccccc1)[C@@H]2OCc1ccccc1. The zero-order valence-electron chi connectivity index (χ0n) is 43.6. The van der Waals surface area contributed by atoms with Crippen molar-refractivity contribution in [2.75, 3.05) is 13.2 Å². The van der Waals surface area contributed by atoms with Crippen molar-refractivity contribution in [3.8, 4) is 0 Å². The minimum atomic E-state index is -1.21. The Morgan fingerprint density at radius 3 is 0.846 bits per heavy atom. The molecule has 0 amide bonds. The van der Waals surface area contributed by atoms with Crippen molar-refractivity contribution >= 4 is 11.9 Å². The standard InChI is InChI=1S/C64H68O14/c1-3-51-35-55(65)67-43-54-58(70-38-46-25-13-6-14-26-46)60(72-40-48-29-17-8-18-30-48)62(74-42-50-33-21-10-22-34-50)64(78-54)76-52(4-2)36-56(66)68-44-53-57(69-37-45-23-11-5-12-24-45)59(71-39-47-27-15-7-16-28-47)61(63(75-51)77-53)73-41-49-31-19-9-20-32-49/h3-34,51-54,57-64H,1-2,35-44H2/t51?,52?,53-,54-,57-,58-,59+,60+,61-,62-,63-,64-/m1/s1. The summed E-state index contributed by atoms with van der Waals surface area (Å²) in [6.07, 6.45) is -9.28. The number of esters is 2. The number of cyclic esters (lactones) is 2. The van der Waals surface area contributed by atoms with E-state index in [4.69, 9.17) is 56.8 Å². The minimum absolute atomic E-state index is 0.152. The largest absolute Gasteiger partial charge is 0.463 e. The Balaban J connectivity index is 1.05. The van der Waals surface area contributed by atoms with Crippen molar-refractivity contribution < 1.29 is 66.4 Å². The van der Waals surface area contributed by atoms with E-state index in [0.29, 0.717) is 0 Å². The summed E-state index contributed by atoms with van der Waals surface area (Å²) in [7, 11) is 0. The van der Waals surface area contributed by atoms with Gasteiger partial charge < -0.3 is 56.8 Å². The van der Waals surface area contributed by atoms with Crippen molar-refractivity contribution in [2.24, 2.45) is 0 Å². The van der Waals surface area contributed by atoms with Gasteiger partial charge in [0.1, 0.15) is 62.0 Å². The molecule has 9 rings (SSSR count). The van der Waals surface area contributed by atoms with Gasteiger partial charge in [-0.05, 0) is 33.4 Å². The molecule has 0 aromatic heterocycles. The van der Waals surface area contributed by atoms with Crippen LogP contribution in [0.4, 0.5) is 0 Å². The first-order valence-electron chi connectivity index (χ1n) is 26.5. The molecule has 12 atom stereocenters. The highest BCUT2D eigenvalue weighted by Gasteiger charge is 2.52. The monoisotopic (exact) mass is 1060 g/mol. The van der Waals surface area contributed by atoms with E-state index in [0.717, 1.165) is 33.4 Å². The second kappa shape index (κ2) is 29.4. The number of hydrogen-bond donors (Lipinski definition) is 0. The van der Waals surface area contributed by atoms with E-state index in [1.807, 2.05) is 182 Å². The van der Waals surface area contributed by atoms with Gasteiger partial charge in [0, 0.05) is 0 Å². The van der Waals surface area contributed by atoms with E-state index in [2.05, 4.69) is 13.2 Å². The highest BCUT2D eigenvalue weighted by molar-refractivity contribution is 5.70. The lowest BCUT2D eigenvalue weighted by molar-refractivity contribution is -0.335. The Bertz CT molecular complexity index is 2530. The van der Waals surface area contributed by atoms with Crippen LogP contribution < -0.4 is 0 Å². The van der Waals surface area contributed by atoms with Crippen LogP contribution in [0.2, 0.25) is 0 Å². The molecule has 0 aliphatic carbocycles. The van der Waals surface area contributed by atoms with Crippen LogP contribution in [0.15, 0.2) is 207 Å². The Hall–Kier alpha value is -6.66. The van der Waals surface area contributed by atoms with Gasteiger partial charge in [0.15, 0.2) is 12.6 Å². The zero-order chi connectivity index (χ0) is 53.7. The van der Waals surface area contributed by atoms with Gasteiger partial charge in [-0.1, -0.05) is 194 Å². The predicted molar refractivity (Wildman–Crippen MR) is 289 cm³/mol. The van der Waals surface area contributed by atoms with Crippen molar-refractivity contribution in [2.45, 2.75) is 126 Å². The smallest absolute Gasteiger partial charge is 0.308 e. The molecule has 0 spiro atoms. The number of hydrogen-bond acceptors (Lipinski definition) is 14. The van der Waals surface area contributed by atoms with Crippen LogP contribution >= 0.6 is 0 Å². The van der Waals surface area contributed by atoms with Crippen molar-refractivity contribution in [3.63, 3.8) is 0 Å². The van der Waals surface area contributed by atoms with Gasteiger partial charge in [0.05, 0.1) is 64.7 Å². The van der Waals surface area contributed by atoms with E-state index in [-0.39, 0.29) is 65.7 Å². The van der Waals surface area contributed by atoms with Gasteiger partial charge in [-0.3, -0.25) is 9.59 Å². The first-order valence-corrected chi connectivity index (χ1v) is 26.5. The molecule has 0 N–H and O–H groups in total. The molecule has 14 heteroatoms. The summed E-state index contributed by atoms with van der Waals surface area (Å²) in [5.74, 6) is -1.25. The Morgan fingerprint density at radius 2 is 0.590 bits per heavy atom. The van der Waals surface area contributed by atoms with Gasteiger partial charge in [-0.15, -0.1) is 13.2 Å². The highest BCUT2D eigenvalue weighted by Crippen LogP contribution is 2.35. The quantitative estimate of drug-likeness (QED) is 0.0528. The molecule has 408 valence electrons. The normalized spacial score (nSPS) is 27.0. The molecule has 6 aromatic rings. The van der Waals surface area contributed by atoms with Crippen molar-refractivity contribution in [1.82, 2.24) is 0 Å². The van der Waals surface area contributed by atoms with Crippen LogP contribution in [0, 0.1) is 0 Å². The average Bonchev–Trinajstić information content (AvgIpc) is 3.50.